The second-order valence-electron chi connectivity index (χ2n) is 7.51. The van der Waals surface area contributed by atoms with Crippen molar-refractivity contribution in [2.75, 3.05) is 32.8 Å². The summed E-state index contributed by atoms with van der Waals surface area (Å²) in [6.45, 7) is 2.99. The maximum Gasteiger partial charge on any atom is 0.329 e. The smallest absolute Gasteiger partial charge is 0.329 e. The molecule has 1 amide bonds. The van der Waals surface area contributed by atoms with Crippen molar-refractivity contribution >= 4 is 27.0 Å². The molecule has 0 atom stereocenters. The molecule has 0 saturated carbocycles. The van der Waals surface area contributed by atoms with Crippen molar-refractivity contribution < 1.29 is 17.9 Å². The molecule has 0 aliphatic carbocycles. The molecule has 0 radical (unpaired) electrons. The predicted octanol–water partition coefficient (Wildman–Crippen LogP) is 0.167. The van der Waals surface area contributed by atoms with Gasteiger partial charge in [0.15, 0.2) is 0 Å². The van der Waals surface area contributed by atoms with Crippen molar-refractivity contribution in [1.29, 1.82) is 0 Å². The number of aromatic nitrogens is 3. The van der Waals surface area contributed by atoms with Gasteiger partial charge in [-0.1, -0.05) is 0 Å². The minimum Gasteiger partial charge on any atom is -0.494 e. The lowest BCUT2D eigenvalue weighted by Crippen LogP contribution is -2.50. The number of aryl methyl sites for hydroxylation is 1. The average molecular weight is 474 g/mol. The third-order valence-electron chi connectivity index (χ3n) is 5.50. The molecule has 4 rings (SSSR count). The molecule has 33 heavy (non-hydrogen) atoms. The van der Waals surface area contributed by atoms with Gasteiger partial charge in [0.1, 0.15) is 11.4 Å². The summed E-state index contributed by atoms with van der Waals surface area (Å²) >= 11 is 0. The number of carbonyl (C=O) groups excluding carboxylic acids is 1. The lowest BCUT2D eigenvalue weighted by atomic mass is 10.2. The number of piperazine rings is 1. The first kappa shape index (κ1) is 22.7. The molecule has 3 heterocycles. The molecule has 0 bridgehead atoms. The number of nitrogens with zero attached hydrogens (tertiary/aromatic N) is 4. The summed E-state index contributed by atoms with van der Waals surface area (Å²) in [6.07, 6.45) is 1.31. The number of aromatic amines is 1. The Morgan fingerprint density at radius 3 is 2.42 bits per heavy atom. The summed E-state index contributed by atoms with van der Waals surface area (Å²) in [5.74, 6) is 0.227. The Hall–Kier alpha value is -3.51. The van der Waals surface area contributed by atoms with E-state index in [4.69, 9.17) is 4.74 Å². The lowest BCUT2D eigenvalue weighted by molar-refractivity contribution is 0.0697. The van der Waals surface area contributed by atoms with Gasteiger partial charge in [-0.05, 0) is 37.3 Å². The number of pyridine rings is 1. The van der Waals surface area contributed by atoms with Crippen LogP contribution in [0.4, 0.5) is 0 Å². The second-order valence-corrected chi connectivity index (χ2v) is 9.45. The molecular formula is C21H23N5O6S. The third-order valence-corrected chi connectivity index (χ3v) is 7.41. The topological polar surface area (TPSA) is 135 Å². The highest BCUT2D eigenvalue weighted by molar-refractivity contribution is 7.89. The Bertz CT molecular complexity index is 1420. The molecule has 11 nitrogen and oxygen atoms in total. The minimum absolute atomic E-state index is 0.125. The summed E-state index contributed by atoms with van der Waals surface area (Å²) in [5, 5.41) is 0.125. The van der Waals surface area contributed by atoms with Gasteiger partial charge in [-0.15, -0.1) is 0 Å². The van der Waals surface area contributed by atoms with Crippen molar-refractivity contribution in [3.05, 3.63) is 62.9 Å². The summed E-state index contributed by atoms with van der Waals surface area (Å²) in [6, 6.07) is 7.62. The van der Waals surface area contributed by atoms with E-state index in [1.165, 1.54) is 45.2 Å². The number of nitrogens with one attached hydrogen (secondary N) is 1. The van der Waals surface area contributed by atoms with Gasteiger partial charge in [0.25, 0.3) is 11.5 Å². The van der Waals surface area contributed by atoms with Gasteiger partial charge in [-0.3, -0.25) is 19.1 Å². The molecular weight excluding hydrogens is 450 g/mol. The molecule has 1 saturated heterocycles. The third kappa shape index (κ3) is 4.26. The maximum absolute atomic E-state index is 13.0. The van der Waals surface area contributed by atoms with E-state index in [1.807, 2.05) is 6.92 Å². The van der Waals surface area contributed by atoms with Crippen LogP contribution in [0.15, 0.2) is 51.0 Å². The molecule has 0 unspecified atom stereocenters. The SMILES string of the molecule is CCOc1ccc(S(=O)(=O)N2CCN(C(=O)c3cnc4c(c3)c(=O)[nH]c(=O)n4C)CC2)cc1. The zero-order valence-corrected chi connectivity index (χ0v) is 19.0. The van der Waals surface area contributed by atoms with Crippen molar-refractivity contribution in [2.24, 2.45) is 7.05 Å². The Kier molecular flexibility index (Phi) is 6.04. The monoisotopic (exact) mass is 473 g/mol. The zero-order chi connectivity index (χ0) is 23.8. The van der Waals surface area contributed by atoms with Crippen LogP contribution < -0.4 is 16.0 Å². The number of benzene rings is 1. The average Bonchev–Trinajstić information content (AvgIpc) is 2.82. The van der Waals surface area contributed by atoms with Gasteiger partial charge in [-0.2, -0.15) is 4.31 Å². The number of ether oxygens (including phenoxy) is 1. The van der Waals surface area contributed by atoms with E-state index in [2.05, 4.69) is 9.97 Å². The minimum atomic E-state index is -3.70. The molecule has 12 heteroatoms. The van der Waals surface area contributed by atoms with Gasteiger partial charge in [0.05, 0.1) is 22.5 Å². The highest BCUT2D eigenvalue weighted by Gasteiger charge is 2.30. The van der Waals surface area contributed by atoms with Gasteiger partial charge in [0, 0.05) is 39.4 Å². The van der Waals surface area contributed by atoms with Crippen molar-refractivity contribution in [3.63, 3.8) is 0 Å². The number of rotatable bonds is 5. The normalized spacial score (nSPS) is 15.0. The van der Waals surface area contributed by atoms with Crippen LogP contribution in [0.3, 0.4) is 0 Å². The van der Waals surface area contributed by atoms with Crippen LogP contribution in [-0.4, -0.2) is 70.9 Å². The Labute approximate surface area is 189 Å². The molecule has 3 aromatic rings. The molecule has 0 spiro atoms. The number of amides is 1. The first-order chi connectivity index (χ1) is 15.7. The molecule has 1 N–H and O–H groups in total. The number of sulfonamides is 1. The summed E-state index contributed by atoms with van der Waals surface area (Å²) in [4.78, 5) is 44.8. The van der Waals surface area contributed by atoms with Gasteiger partial charge in [-0.25, -0.2) is 18.2 Å². The standard InChI is InChI=1S/C21H23N5O6S/c1-3-32-15-4-6-16(7-5-15)33(30,31)26-10-8-25(9-11-26)20(28)14-12-17-18(22-13-14)24(2)21(29)23-19(17)27/h4-7,12-13H,3,8-11H2,1-2H3,(H,23,27,29). The molecule has 2 aromatic heterocycles. The highest BCUT2D eigenvalue weighted by atomic mass is 32.2. The van der Waals surface area contributed by atoms with Crippen LogP contribution in [0.25, 0.3) is 11.0 Å². The van der Waals surface area contributed by atoms with Gasteiger partial charge in [0.2, 0.25) is 10.0 Å². The maximum atomic E-state index is 13.0. The number of hydrogen-bond donors (Lipinski definition) is 1. The summed E-state index contributed by atoms with van der Waals surface area (Å²) in [7, 11) is -2.23. The number of H-pyrrole nitrogens is 1. The quantitative estimate of drug-likeness (QED) is 0.558. The van der Waals surface area contributed by atoms with Crippen molar-refractivity contribution in [2.45, 2.75) is 11.8 Å². The fraction of sp³-hybridized carbons (Fsp3) is 0.333. The van der Waals surface area contributed by atoms with Crippen LogP contribution in [0.1, 0.15) is 17.3 Å². The van der Waals surface area contributed by atoms with E-state index >= 15 is 0 Å². The fourth-order valence-corrected chi connectivity index (χ4v) is 5.11. The van der Waals surface area contributed by atoms with Crippen molar-refractivity contribution in [1.82, 2.24) is 23.7 Å². The second kappa shape index (κ2) is 8.79. The Morgan fingerprint density at radius 1 is 1.12 bits per heavy atom. The lowest BCUT2D eigenvalue weighted by Gasteiger charge is -2.34. The van der Waals surface area contributed by atoms with Crippen LogP contribution in [0, 0.1) is 0 Å². The van der Waals surface area contributed by atoms with Crippen LogP contribution in [0.2, 0.25) is 0 Å². The van der Waals surface area contributed by atoms with Gasteiger partial charge >= 0.3 is 5.69 Å². The van der Waals surface area contributed by atoms with Crippen LogP contribution in [0.5, 0.6) is 5.75 Å². The molecule has 1 aromatic carbocycles. The largest absolute Gasteiger partial charge is 0.494 e. The van der Waals surface area contributed by atoms with E-state index < -0.39 is 21.3 Å². The fourth-order valence-electron chi connectivity index (χ4n) is 3.69. The first-order valence-corrected chi connectivity index (χ1v) is 11.8. The van der Waals surface area contributed by atoms with E-state index in [1.54, 1.807) is 12.1 Å². The Morgan fingerprint density at radius 2 is 1.79 bits per heavy atom. The summed E-state index contributed by atoms with van der Waals surface area (Å²) < 4.78 is 33.8. The molecule has 1 aliphatic rings. The number of fused-ring (bicyclic) bond motifs is 1. The van der Waals surface area contributed by atoms with Crippen LogP contribution >= 0.6 is 0 Å². The Balaban J connectivity index is 1.49. The van der Waals surface area contributed by atoms with E-state index in [0.717, 1.165) is 0 Å². The zero-order valence-electron chi connectivity index (χ0n) is 18.1. The predicted molar refractivity (Wildman–Crippen MR) is 120 cm³/mol. The van der Waals surface area contributed by atoms with E-state index in [9.17, 15) is 22.8 Å². The number of carbonyl (C=O) groups is 1. The molecule has 174 valence electrons. The highest BCUT2D eigenvalue weighted by Crippen LogP contribution is 2.21. The first-order valence-electron chi connectivity index (χ1n) is 10.3. The van der Waals surface area contributed by atoms with Crippen molar-refractivity contribution in [3.8, 4) is 5.75 Å². The van der Waals surface area contributed by atoms with Gasteiger partial charge < -0.3 is 9.64 Å². The summed E-state index contributed by atoms with van der Waals surface area (Å²) in [5.41, 5.74) is -0.855. The molecule has 1 fully saturated rings. The molecule has 1 aliphatic heterocycles. The van der Waals surface area contributed by atoms with E-state index in [-0.39, 0.29) is 53.6 Å². The van der Waals surface area contributed by atoms with E-state index in [0.29, 0.717) is 12.4 Å². The van der Waals surface area contributed by atoms with Crippen LogP contribution in [-0.2, 0) is 17.1 Å². The number of hydrogen-bond acceptors (Lipinski definition) is 7.